The number of aromatic nitrogens is 5. The standard InChI is InChI=1S/C20H24N6O/c1-2-26-15-18(12-23-26)20(27)25-9-4-6-17(14-25)19-22-8-10-24(19)13-16-5-3-7-21-11-16/h3,5,7-8,10-12,15,17H,2,4,6,9,13-14H2,1H3/t17-/m0/s1. The van der Waals surface area contributed by atoms with Crippen molar-refractivity contribution in [2.24, 2.45) is 0 Å². The van der Waals surface area contributed by atoms with Crippen molar-refractivity contribution in [2.45, 2.75) is 38.8 Å². The van der Waals surface area contributed by atoms with Gasteiger partial charge >= 0.3 is 0 Å². The Morgan fingerprint density at radius 3 is 3.00 bits per heavy atom. The lowest BCUT2D eigenvalue weighted by molar-refractivity contribution is 0.0703. The van der Waals surface area contributed by atoms with Crippen molar-refractivity contribution in [1.82, 2.24) is 29.2 Å². The first-order chi connectivity index (χ1) is 13.2. The molecule has 4 rings (SSSR count). The van der Waals surface area contributed by atoms with E-state index in [-0.39, 0.29) is 11.8 Å². The van der Waals surface area contributed by atoms with Gasteiger partial charge in [0.25, 0.3) is 5.91 Å². The van der Waals surface area contributed by atoms with Crippen LogP contribution in [0.15, 0.2) is 49.3 Å². The molecule has 0 radical (unpaired) electrons. The molecule has 3 aromatic heterocycles. The van der Waals surface area contributed by atoms with Crippen LogP contribution in [-0.4, -0.2) is 48.2 Å². The highest BCUT2D eigenvalue weighted by molar-refractivity contribution is 5.93. The van der Waals surface area contributed by atoms with Crippen LogP contribution in [0.2, 0.25) is 0 Å². The van der Waals surface area contributed by atoms with Crippen LogP contribution in [0.25, 0.3) is 0 Å². The summed E-state index contributed by atoms with van der Waals surface area (Å²) in [6, 6.07) is 4.02. The van der Waals surface area contributed by atoms with Gasteiger partial charge in [-0.2, -0.15) is 5.10 Å². The number of pyridine rings is 1. The number of hydrogen-bond donors (Lipinski definition) is 0. The molecule has 0 bridgehead atoms. The molecule has 1 fully saturated rings. The van der Waals surface area contributed by atoms with Crippen LogP contribution in [0.3, 0.4) is 0 Å². The fourth-order valence-electron chi connectivity index (χ4n) is 3.70. The average Bonchev–Trinajstić information content (AvgIpc) is 3.38. The third kappa shape index (κ3) is 3.77. The number of carbonyl (C=O) groups excluding carboxylic acids is 1. The molecule has 3 aromatic rings. The Labute approximate surface area is 158 Å². The number of amides is 1. The van der Waals surface area contributed by atoms with Gasteiger partial charge in [0.2, 0.25) is 0 Å². The second-order valence-corrected chi connectivity index (χ2v) is 6.95. The maximum atomic E-state index is 12.9. The second-order valence-electron chi connectivity index (χ2n) is 6.95. The van der Waals surface area contributed by atoms with Gasteiger partial charge in [-0.25, -0.2) is 4.98 Å². The van der Waals surface area contributed by atoms with Crippen molar-refractivity contribution in [3.63, 3.8) is 0 Å². The Morgan fingerprint density at radius 1 is 1.30 bits per heavy atom. The summed E-state index contributed by atoms with van der Waals surface area (Å²) in [6.07, 6.45) is 13.0. The zero-order chi connectivity index (χ0) is 18.6. The van der Waals surface area contributed by atoms with E-state index in [0.717, 1.165) is 43.9 Å². The molecule has 1 aliphatic rings. The second kappa shape index (κ2) is 7.73. The Balaban J connectivity index is 1.49. The number of piperidine rings is 1. The van der Waals surface area contributed by atoms with Gasteiger partial charge in [-0.3, -0.25) is 14.5 Å². The SMILES string of the molecule is CCn1cc(C(=O)N2CCC[C@H](c3nccn3Cc3cccnc3)C2)cn1. The molecule has 0 unspecified atom stereocenters. The Kier molecular flexibility index (Phi) is 5.00. The molecular weight excluding hydrogens is 340 g/mol. The normalized spacial score (nSPS) is 17.2. The predicted octanol–water partition coefficient (Wildman–Crippen LogP) is 2.56. The third-order valence-electron chi connectivity index (χ3n) is 5.10. The molecule has 1 amide bonds. The van der Waals surface area contributed by atoms with E-state index in [0.29, 0.717) is 12.1 Å². The molecule has 1 aliphatic heterocycles. The van der Waals surface area contributed by atoms with Crippen LogP contribution in [0.4, 0.5) is 0 Å². The topological polar surface area (TPSA) is 68.8 Å². The highest BCUT2D eigenvalue weighted by atomic mass is 16.2. The molecule has 0 N–H and O–H groups in total. The Bertz CT molecular complexity index is 900. The first-order valence-electron chi connectivity index (χ1n) is 9.46. The van der Waals surface area contributed by atoms with Crippen molar-refractivity contribution < 1.29 is 4.79 Å². The van der Waals surface area contributed by atoms with E-state index in [1.165, 1.54) is 0 Å². The predicted molar refractivity (Wildman–Crippen MR) is 101 cm³/mol. The highest BCUT2D eigenvalue weighted by Crippen LogP contribution is 2.27. The summed E-state index contributed by atoms with van der Waals surface area (Å²) in [5, 5.41) is 4.23. The van der Waals surface area contributed by atoms with E-state index in [2.05, 4.69) is 25.7 Å². The van der Waals surface area contributed by atoms with Crippen LogP contribution in [0.1, 0.15) is 47.4 Å². The van der Waals surface area contributed by atoms with Crippen LogP contribution >= 0.6 is 0 Å². The quantitative estimate of drug-likeness (QED) is 0.698. The van der Waals surface area contributed by atoms with Gasteiger partial charge in [-0.05, 0) is 31.4 Å². The molecule has 7 heteroatoms. The molecule has 1 saturated heterocycles. The molecule has 4 heterocycles. The van der Waals surface area contributed by atoms with Gasteiger partial charge in [0.15, 0.2) is 0 Å². The summed E-state index contributed by atoms with van der Waals surface area (Å²) in [5.41, 5.74) is 1.81. The number of likely N-dealkylation sites (tertiary alicyclic amines) is 1. The summed E-state index contributed by atoms with van der Waals surface area (Å²) >= 11 is 0. The average molecular weight is 364 g/mol. The van der Waals surface area contributed by atoms with Gasteiger partial charge < -0.3 is 9.47 Å². The van der Waals surface area contributed by atoms with Crippen LogP contribution < -0.4 is 0 Å². The summed E-state index contributed by atoms with van der Waals surface area (Å²) in [4.78, 5) is 23.6. The molecule has 27 heavy (non-hydrogen) atoms. The van der Waals surface area contributed by atoms with Crippen molar-refractivity contribution in [1.29, 1.82) is 0 Å². The fraction of sp³-hybridized carbons (Fsp3) is 0.400. The van der Waals surface area contributed by atoms with Gasteiger partial charge in [-0.15, -0.1) is 0 Å². The minimum Gasteiger partial charge on any atom is -0.338 e. The summed E-state index contributed by atoms with van der Waals surface area (Å²) in [6.45, 7) is 5.01. The largest absolute Gasteiger partial charge is 0.338 e. The van der Waals surface area contributed by atoms with E-state index >= 15 is 0 Å². The first kappa shape index (κ1) is 17.5. The minimum atomic E-state index is 0.0600. The van der Waals surface area contributed by atoms with E-state index in [1.54, 1.807) is 17.1 Å². The minimum absolute atomic E-state index is 0.0600. The molecule has 0 spiro atoms. The van der Waals surface area contributed by atoms with Crippen LogP contribution in [-0.2, 0) is 13.1 Å². The molecule has 7 nitrogen and oxygen atoms in total. The third-order valence-corrected chi connectivity index (χ3v) is 5.10. The van der Waals surface area contributed by atoms with Crippen molar-refractivity contribution in [3.05, 3.63) is 66.3 Å². The number of imidazole rings is 1. The zero-order valence-corrected chi connectivity index (χ0v) is 15.5. The lowest BCUT2D eigenvalue weighted by atomic mass is 9.96. The van der Waals surface area contributed by atoms with Crippen LogP contribution in [0.5, 0.6) is 0 Å². The number of nitrogens with zero attached hydrogens (tertiary/aromatic N) is 6. The van der Waals surface area contributed by atoms with Gasteiger partial charge in [-0.1, -0.05) is 6.07 Å². The molecule has 1 atom stereocenters. The lowest BCUT2D eigenvalue weighted by Gasteiger charge is -2.32. The van der Waals surface area contributed by atoms with Gasteiger partial charge in [0, 0.05) is 56.5 Å². The van der Waals surface area contributed by atoms with Crippen molar-refractivity contribution in [2.75, 3.05) is 13.1 Å². The summed E-state index contributed by atoms with van der Waals surface area (Å²) in [5.74, 6) is 1.35. The van der Waals surface area contributed by atoms with E-state index in [4.69, 9.17) is 0 Å². The van der Waals surface area contributed by atoms with E-state index in [1.807, 2.05) is 42.7 Å². The van der Waals surface area contributed by atoms with Crippen molar-refractivity contribution >= 4 is 5.91 Å². The molecular formula is C20H24N6O. The van der Waals surface area contributed by atoms with Crippen LogP contribution in [0, 0.1) is 0 Å². The number of carbonyl (C=O) groups is 1. The fourth-order valence-corrected chi connectivity index (χ4v) is 3.70. The van der Waals surface area contributed by atoms with E-state index < -0.39 is 0 Å². The number of hydrogen-bond acceptors (Lipinski definition) is 4. The maximum absolute atomic E-state index is 12.9. The monoisotopic (exact) mass is 364 g/mol. The van der Waals surface area contributed by atoms with Gasteiger partial charge in [0.1, 0.15) is 5.82 Å². The maximum Gasteiger partial charge on any atom is 0.257 e. The Morgan fingerprint density at radius 2 is 2.22 bits per heavy atom. The molecule has 140 valence electrons. The molecule has 0 aliphatic carbocycles. The zero-order valence-electron chi connectivity index (χ0n) is 15.5. The van der Waals surface area contributed by atoms with E-state index in [9.17, 15) is 4.79 Å². The Hall–Kier alpha value is -2.96. The first-order valence-corrected chi connectivity index (χ1v) is 9.46. The molecule has 0 saturated carbocycles. The smallest absolute Gasteiger partial charge is 0.257 e. The summed E-state index contributed by atoms with van der Waals surface area (Å²) < 4.78 is 3.96. The molecule has 0 aromatic carbocycles. The van der Waals surface area contributed by atoms with Crippen molar-refractivity contribution in [3.8, 4) is 0 Å². The number of rotatable bonds is 5. The lowest BCUT2D eigenvalue weighted by Crippen LogP contribution is -2.39. The van der Waals surface area contributed by atoms with Gasteiger partial charge in [0.05, 0.1) is 18.3 Å². The number of aryl methyl sites for hydroxylation is 1. The highest BCUT2D eigenvalue weighted by Gasteiger charge is 2.28. The summed E-state index contributed by atoms with van der Waals surface area (Å²) in [7, 11) is 0.